The minimum atomic E-state index is -1.30. The van der Waals surface area contributed by atoms with E-state index in [1.165, 1.54) is 16.7 Å². The number of fused-ring (bicyclic) bond motifs is 6. The highest BCUT2D eigenvalue weighted by atomic mass is 35.5. The number of aromatic hydroxyl groups is 1. The van der Waals surface area contributed by atoms with Crippen molar-refractivity contribution in [2.75, 3.05) is 9.80 Å². The summed E-state index contributed by atoms with van der Waals surface area (Å²) in [7, 11) is 1.72. The van der Waals surface area contributed by atoms with Crippen LogP contribution in [-0.4, -0.2) is 44.3 Å². The lowest BCUT2D eigenvalue weighted by atomic mass is 9.51. The lowest BCUT2D eigenvalue weighted by Gasteiger charge is -2.49. The normalized spacial score (nSPS) is 25.4. The Morgan fingerprint density at radius 3 is 2.36 bits per heavy atom. The summed E-state index contributed by atoms with van der Waals surface area (Å²) in [6.07, 6.45) is 2.49. The number of hydrogen-bond acceptors (Lipinski definition) is 8. The lowest BCUT2D eigenvalue weighted by Crippen LogP contribution is -2.49. The number of anilines is 2. The smallest absolute Gasteiger partial charge is 0.242 e. The van der Waals surface area contributed by atoms with Gasteiger partial charge in [-0.25, -0.2) is 4.90 Å². The molecule has 6 atom stereocenters. The number of hydrogen-bond donors (Lipinski definition) is 1. The zero-order valence-corrected chi connectivity index (χ0v) is 33.6. The first-order valence-electron chi connectivity index (χ1n) is 19.3. The van der Waals surface area contributed by atoms with Crippen molar-refractivity contribution >= 4 is 84.7 Å². The number of benzene rings is 4. The molecule has 4 aromatic carbocycles. The Hall–Kier alpha value is -5.91. The number of phenols is 1. The van der Waals surface area contributed by atoms with Gasteiger partial charge in [0.2, 0.25) is 23.6 Å². The van der Waals surface area contributed by atoms with Gasteiger partial charge >= 0.3 is 0 Å². The van der Waals surface area contributed by atoms with E-state index in [1.807, 2.05) is 68.5 Å². The molecule has 0 spiro atoms. The molecule has 12 heteroatoms. The fraction of sp³-hybridized carbons (Fsp3) is 0.261. The van der Waals surface area contributed by atoms with Crippen LogP contribution in [0, 0.1) is 36.0 Å². The molecule has 2 saturated heterocycles. The third-order valence-electron chi connectivity index (χ3n) is 13.3. The molecule has 0 radical (unpaired) electrons. The number of amides is 4. The van der Waals surface area contributed by atoms with Crippen molar-refractivity contribution in [1.29, 1.82) is 0 Å². The van der Waals surface area contributed by atoms with Crippen LogP contribution in [0.25, 0.3) is 31.4 Å². The summed E-state index contributed by atoms with van der Waals surface area (Å²) < 4.78 is 2.62. The second-order valence-corrected chi connectivity index (χ2v) is 17.7. The van der Waals surface area contributed by atoms with Crippen LogP contribution in [0.15, 0.2) is 96.6 Å². The highest BCUT2D eigenvalue weighted by Gasteiger charge is 2.68. The topological polar surface area (TPSA) is 130 Å². The van der Waals surface area contributed by atoms with Crippen molar-refractivity contribution in [1.82, 2.24) is 9.78 Å². The van der Waals surface area contributed by atoms with Crippen LogP contribution >= 0.6 is 22.9 Å². The summed E-state index contributed by atoms with van der Waals surface area (Å²) in [5, 5.41) is 18.8. The van der Waals surface area contributed by atoms with Crippen molar-refractivity contribution in [2.45, 2.75) is 39.5 Å². The predicted molar refractivity (Wildman–Crippen MR) is 223 cm³/mol. The number of allylic oxidation sites excluding steroid dienone is 2. The van der Waals surface area contributed by atoms with Crippen LogP contribution in [0.4, 0.5) is 11.5 Å². The zero-order valence-electron chi connectivity index (χ0n) is 32.0. The molecule has 0 unspecified atom stereocenters. The lowest BCUT2D eigenvalue weighted by molar-refractivity contribution is -0.131. The molecule has 2 aromatic heterocycles. The number of aromatic nitrogens is 2. The van der Waals surface area contributed by atoms with Crippen molar-refractivity contribution in [3.8, 4) is 16.3 Å². The monoisotopic (exact) mass is 808 g/mol. The average molecular weight is 809 g/mol. The molecule has 4 aliphatic rings. The Balaban J connectivity index is 1.10. The Morgan fingerprint density at radius 1 is 0.879 bits per heavy atom. The molecule has 4 amide bonds. The van der Waals surface area contributed by atoms with Crippen LogP contribution in [0.5, 0.6) is 5.75 Å². The van der Waals surface area contributed by atoms with Crippen LogP contribution in [-0.2, 0) is 26.2 Å². The number of nitrogens with zero attached hydrogens (tertiary/aromatic N) is 4. The molecule has 10 nitrogen and oxygen atoms in total. The second-order valence-electron chi connectivity index (χ2n) is 16.2. The van der Waals surface area contributed by atoms with E-state index < -0.39 is 35.0 Å². The van der Waals surface area contributed by atoms with Crippen molar-refractivity contribution < 1.29 is 29.1 Å². The fourth-order valence-electron chi connectivity index (χ4n) is 10.5. The maximum atomic E-state index is 15.4. The summed E-state index contributed by atoms with van der Waals surface area (Å²) in [5.74, 6) is -4.60. The number of imide groups is 2. The fourth-order valence-corrected chi connectivity index (χ4v) is 11.8. The quantitative estimate of drug-likeness (QED) is 0.105. The van der Waals surface area contributed by atoms with Crippen LogP contribution in [0.2, 0.25) is 5.02 Å². The third kappa shape index (κ3) is 4.95. The van der Waals surface area contributed by atoms with Gasteiger partial charge in [0.05, 0.1) is 33.7 Å². The summed E-state index contributed by atoms with van der Waals surface area (Å²) in [6.45, 7) is 5.32. The van der Waals surface area contributed by atoms with E-state index in [-0.39, 0.29) is 48.0 Å². The molecule has 0 bridgehead atoms. The molecule has 3 fully saturated rings. The van der Waals surface area contributed by atoms with Gasteiger partial charge in [0.1, 0.15) is 17.3 Å². The van der Waals surface area contributed by atoms with Gasteiger partial charge < -0.3 is 5.11 Å². The second kappa shape index (κ2) is 12.8. The molecule has 1 saturated carbocycles. The van der Waals surface area contributed by atoms with Gasteiger partial charge in [-0.2, -0.15) is 5.10 Å². The standard InChI is InChI=1S/C46H37ClN4O6S/c1-22-32-19-25(47)11-18-37(32)58-41(22)35-21-38(49(4)48-35)51-43(55)34-20-33-30(40(46(34,3)45(51)57)29-16-17-36(53)28-8-6-5-7-27(28)29)14-15-31-39(33)44(56)50(42(31)54)26-12-9-24(10-13-26)23(2)52/h5-14,16-19,21,31,33-34,39-40,53H,15,20H2,1-4H3/t31-,33+,34-,39-,40-,46+/m0/s1. The van der Waals surface area contributed by atoms with Gasteiger partial charge in [-0.3, -0.25) is 33.6 Å². The summed E-state index contributed by atoms with van der Waals surface area (Å²) >= 11 is 7.91. The number of halogens is 1. The average Bonchev–Trinajstić information content (AvgIpc) is 3.88. The van der Waals surface area contributed by atoms with Crippen LogP contribution in [0.1, 0.15) is 54.1 Å². The zero-order chi connectivity index (χ0) is 40.5. The van der Waals surface area contributed by atoms with Gasteiger partial charge in [0, 0.05) is 39.7 Å². The van der Waals surface area contributed by atoms with Crippen molar-refractivity contribution in [3.63, 3.8) is 0 Å². The van der Waals surface area contributed by atoms with Gasteiger partial charge in [-0.05, 0) is 110 Å². The highest BCUT2D eigenvalue weighted by molar-refractivity contribution is 7.22. The Labute approximate surface area is 342 Å². The van der Waals surface area contributed by atoms with E-state index >= 15 is 9.59 Å². The number of ketones is 1. The molecule has 10 rings (SSSR count). The first-order valence-corrected chi connectivity index (χ1v) is 20.5. The van der Waals surface area contributed by atoms with Gasteiger partial charge in [-0.15, -0.1) is 11.3 Å². The van der Waals surface area contributed by atoms with Crippen molar-refractivity contribution in [2.24, 2.45) is 36.1 Å². The number of rotatable bonds is 5. The Bertz CT molecular complexity index is 2880. The minimum Gasteiger partial charge on any atom is -0.507 e. The summed E-state index contributed by atoms with van der Waals surface area (Å²) in [6, 6.07) is 24.9. The minimum absolute atomic E-state index is 0.0887. The first-order chi connectivity index (χ1) is 27.8. The SMILES string of the molecule is CC(=O)c1ccc(N2C(=O)[C@H]3[C@H](CC=C4[C@H]3C[C@H]3C(=O)N(c5cc(-c6sc7ccc(Cl)cc7c6C)nn5C)C(=O)[C@@]3(C)[C@H]4c3ccc(O)c4ccccc34)C2=O)cc1. The number of thiophene rings is 1. The van der Waals surface area contributed by atoms with Gasteiger partial charge in [0.25, 0.3) is 0 Å². The number of aryl methyl sites for hydroxylation is 2. The van der Waals surface area contributed by atoms with E-state index in [9.17, 15) is 19.5 Å². The van der Waals surface area contributed by atoms with E-state index in [1.54, 1.807) is 59.5 Å². The highest BCUT2D eigenvalue weighted by Crippen LogP contribution is 2.64. The molecule has 6 aromatic rings. The maximum Gasteiger partial charge on any atom is 0.242 e. The van der Waals surface area contributed by atoms with E-state index in [4.69, 9.17) is 16.7 Å². The number of carbonyl (C=O) groups excluding carboxylic acids is 5. The Kier molecular flexibility index (Phi) is 8.04. The molecule has 2 aliphatic carbocycles. The van der Waals surface area contributed by atoms with E-state index in [0.29, 0.717) is 33.2 Å². The summed E-state index contributed by atoms with van der Waals surface area (Å²) in [4.78, 5) is 74.6. The van der Waals surface area contributed by atoms with Crippen LogP contribution < -0.4 is 9.80 Å². The van der Waals surface area contributed by atoms with Crippen LogP contribution in [0.3, 0.4) is 0 Å². The first kappa shape index (κ1) is 36.4. The molecule has 2 aliphatic heterocycles. The number of phenolic OH excluding ortho intramolecular Hbond substituents is 1. The van der Waals surface area contributed by atoms with Gasteiger partial charge in [0.15, 0.2) is 5.78 Å². The molecule has 1 N–H and O–H groups in total. The number of carbonyl (C=O) groups is 5. The van der Waals surface area contributed by atoms with E-state index in [0.717, 1.165) is 37.0 Å². The molecular weight excluding hydrogens is 772 g/mol. The predicted octanol–water partition coefficient (Wildman–Crippen LogP) is 8.76. The largest absolute Gasteiger partial charge is 0.507 e. The van der Waals surface area contributed by atoms with Gasteiger partial charge in [-0.1, -0.05) is 53.6 Å². The molecule has 290 valence electrons. The number of Topliss-reactive ketones (excluding diaryl/α,β-unsaturated/α-hetero) is 1. The van der Waals surface area contributed by atoms with Crippen molar-refractivity contribution in [3.05, 3.63) is 118 Å². The third-order valence-corrected chi connectivity index (χ3v) is 14.8. The van der Waals surface area contributed by atoms with E-state index in [2.05, 4.69) is 0 Å². The summed E-state index contributed by atoms with van der Waals surface area (Å²) in [5.41, 5.74) is 2.79. The molecule has 4 heterocycles. The molecular formula is C46H37ClN4O6S. The maximum absolute atomic E-state index is 15.4. The molecule has 58 heavy (non-hydrogen) atoms. The Morgan fingerprint density at radius 2 is 1.62 bits per heavy atom.